The summed E-state index contributed by atoms with van der Waals surface area (Å²) >= 11 is 0. The fourth-order valence-corrected chi connectivity index (χ4v) is 14.7. The maximum absolute atomic E-state index is 13.1. The van der Waals surface area contributed by atoms with Crippen LogP contribution in [-0.4, -0.2) is 96.7 Å². The lowest BCUT2D eigenvalue weighted by molar-refractivity contribution is -0.161. The van der Waals surface area contributed by atoms with Crippen LogP contribution in [-0.2, 0) is 65.4 Å². The van der Waals surface area contributed by atoms with Crippen molar-refractivity contribution < 1.29 is 80.2 Å². The van der Waals surface area contributed by atoms with E-state index in [0.29, 0.717) is 25.7 Å². The average Bonchev–Trinajstić information content (AvgIpc) is 0.903. The van der Waals surface area contributed by atoms with Crippen LogP contribution in [0.3, 0.4) is 0 Å². The SMILES string of the molecule is CCCCCCCCCCCCCCCCCCCCC(=O)OC[C@H](COP(=O)(O)OC[C@@H](O)COP(=O)(O)OC[C@@H](COC(=O)CCCCCCCCCCCC(C)C)OC(=O)CCCCCCCCCCCCCCCC(C)C)OC(=O)CCCCCCCCCCCCCCCCC(C)CC. The van der Waals surface area contributed by atoms with Gasteiger partial charge in [-0.05, 0) is 43.4 Å². The number of carbonyl (C=O) groups is 4. The average molecular weight is 1520 g/mol. The van der Waals surface area contributed by atoms with Crippen LogP contribution in [0.4, 0.5) is 0 Å². The number of phosphoric ester groups is 2. The van der Waals surface area contributed by atoms with Gasteiger partial charge in [-0.1, -0.05) is 395 Å². The maximum atomic E-state index is 13.1. The molecule has 0 aliphatic carbocycles. The van der Waals surface area contributed by atoms with Gasteiger partial charge in [-0.2, -0.15) is 0 Å². The van der Waals surface area contributed by atoms with Gasteiger partial charge in [0.25, 0.3) is 0 Å². The van der Waals surface area contributed by atoms with E-state index in [-0.39, 0.29) is 25.7 Å². The Morgan fingerprint density at radius 2 is 0.490 bits per heavy atom. The predicted octanol–water partition coefficient (Wildman–Crippen LogP) is 25.7. The largest absolute Gasteiger partial charge is 0.472 e. The third-order valence-corrected chi connectivity index (χ3v) is 22.1. The van der Waals surface area contributed by atoms with Crippen molar-refractivity contribution in [2.45, 2.75) is 465 Å². The Bertz CT molecular complexity index is 2010. The number of carbonyl (C=O) groups excluding carboxylic acids is 4. The number of hydrogen-bond donors (Lipinski definition) is 3. The van der Waals surface area contributed by atoms with E-state index in [1.807, 2.05) is 0 Å². The second-order valence-corrected chi connectivity index (χ2v) is 34.7. The molecule has 17 nitrogen and oxygen atoms in total. The number of phosphoric acid groups is 2. The molecule has 104 heavy (non-hydrogen) atoms. The first-order chi connectivity index (χ1) is 50.3. The Morgan fingerprint density at radius 3 is 0.731 bits per heavy atom. The van der Waals surface area contributed by atoms with Crippen molar-refractivity contribution >= 4 is 39.5 Å². The molecule has 0 fully saturated rings. The Hall–Kier alpha value is -1.94. The highest BCUT2D eigenvalue weighted by molar-refractivity contribution is 7.47. The van der Waals surface area contributed by atoms with Gasteiger partial charge in [-0.3, -0.25) is 37.3 Å². The summed E-state index contributed by atoms with van der Waals surface area (Å²) in [5, 5.41) is 10.7. The lowest BCUT2D eigenvalue weighted by Gasteiger charge is -2.21. The van der Waals surface area contributed by atoms with E-state index in [1.165, 1.54) is 257 Å². The summed E-state index contributed by atoms with van der Waals surface area (Å²) in [6, 6.07) is 0. The molecular weight excluding hydrogens is 1350 g/mol. The summed E-state index contributed by atoms with van der Waals surface area (Å²) in [6.07, 6.45) is 65.1. The highest BCUT2D eigenvalue weighted by Crippen LogP contribution is 2.45. The molecular formula is C85H166O17P2. The van der Waals surface area contributed by atoms with Crippen molar-refractivity contribution in [3.8, 4) is 0 Å². The summed E-state index contributed by atoms with van der Waals surface area (Å²) in [5.74, 6) is 0.271. The minimum atomic E-state index is -4.97. The van der Waals surface area contributed by atoms with Gasteiger partial charge in [0.15, 0.2) is 12.2 Å². The fourth-order valence-electron chi connectivity index (χ4n) is 13.2. The molecule has 0 heterocycles. The molecule has 0 aromatic heterocycles. The van der Waals surface area contributed by atoms with Gasteiger partial charge in [-0.15, -0.1) is 0 Å². The number of unbranched alkanes of at least 4 members (excludes halogenated alkanes) is 50. The summed E-state index contributed by atoms with van der Waals surface area (Å²) < 4.78 is 68.9. The van der Waals surface area contributed by atoms with Crippen molar-refractivity contribution in [3.05, 3.63) is 0 Å². The third-order valence-electron chi connectivity index (χ3n) is 20.2. The molecule has 0 saturated carbocycles. The van der Waals surface area contributed by atoms with Gasteiger partial charge in [0.2, 0.25) is 0 Å². The minimum absolute atomic E-state index is 0.107. The third kappa shape index (κ3) is 76.8. The van der Waals surface area contributed by atoms with Crippen molar-refractivity contribution in [1.82, 2.24) is 0 Å². The van der Waals surface area contributed by atoms with Crippen LogP contribution >= 0.6 is 15.6 Å². The quantitative estimate of drug-likeness (QED) is 0.0222. The normalized spacial score (nSPS) is 14.2. The zero-order valence-corrected chi connectivity index (χ0v) is 70.3. The second kappa shape index (κ2) is 75.1. The number of ether oxygens (including phenoxy) is 4. The summed E-state index contributed by atoms with van der Waals surface area (Å²) in [6.45, 7) is 12.0. The van der Waals surface area contributed by atoms with Gasteiger partial charge in [0, 0.05) is 25.7 Å². The van der Waals surface area contributed by atoms with Crippen molar-refractivity contribution in [2.24, 2.45) is 17.8 Å². The molecule has 0 saturated heterocycles. The monoisotopic (exact) mass is 1520 g/mol. The molecule has 0 rings (SSSR count). The zero-order chi connectivity index (χ0) is 76.5. The molecule has 0 amide bonds. The second-order valence-electron chi connectivity index (χ2n) is 31.8. The summed E-state index contributed by atoms with van der Waals surface area (Å²) in [5.41, 5.74) is 0. The van der Waals surface area contributed by atoms with Crippen LogP contribution in [0.15, 0.2) is 0 Å². The molecule has 0 aromatic rings. The molecule has 0 radical (unpaired) electrons. The van der Waals surface area contributed by atoms with E-state index >= 15 is 0 Å². The number of hydrogen-bond acceptors (Lipinski definition) is 15. The molecule has 0 aliphatic rings. The van der Waals surface area contributed by atoms with Crippen molar-refractivity contribution in [1.29, 1.82) is 0 Å². The van der Waals surface area contributed by atoms with E-state index in [9.17, 15) is 43.2 Å². The molecule has 0 aromatic carbocycles. The Labute approximate surface area is 638 Å². The molecule has 0 spiro atoms. The first-order valence-electron chi connectivity index (χ1n) is 43.9. The maximum Gasteiger partial charge on any atom is 0.472 e. The molecule has 0 aliphatic heterocycles. The van der Waals surface area contributed by atoms with Gasteiger partial charge in [0.05, 0.1) is 26.4 Å². The molecule has 3 N–H and O–H groups in total. The topological polar surface area (TPSA) is 237 Å². The predicted molar refractivity (Wildman–Crippen MR) is 428 cm³/mol. The number of rotatable bonds is 83. The van der Waals surface area contributed by atoms with Crippen LogP contribution in [0, 0.1) is 17.8 Å². The van der Waals surface area contributed by atoms with E-state index < -0.39 is 97.5 Å². The van der Waals surface area contributed by atoms with Gasteiger partial charge < -0.3 is 33.8 Å². The van der Waals surface area contributed by atoms with Gasteiger partial charge in [-0.25, -0.2) is 9.13 Å². The van der Waals surface area contributed by atoms with Gasteiger partial charge >= 0.3 is 39.5 Å². The van der Waals surface area contributed by atoms with Crippen LogP contribution in [0.5, 0.6) is 0 Å². The first kappa shape index (κ1) is 102. The van der Waals surface area contributed by atoms with Crippen molar-refractivity contribution in [2.75, 3.05) is 39.6 Å². The zero-order valence-electron chi connectivity index (χ0n) is 68.5. The van der Waals surface area contributed by atoms with E-state index in [0.717, 1.165) is 108 Å². The minimum Gasteiger partial charge on any atom is -0.462 e. The number of aliphatic hydroxyl groups excluding tert-OH is 1. The lowest BCUT2D eigenvalue weighted by atomic mass is 9.99. The van der Waals surface area contributed by atoms with Crippen LogP contribution in [0.2, 0.25) is 0 Å². The summed E-state index contributed by atoms with van der Waals surface area (Å²) in [4.78, 5) is 73.2. The van der Waals surface area contributed by atoms with E-state index in [1.54, 1.807) is 0 Å². The molecule has 3 unspecified atom stereocenters. The molecule has 618 valence electrons. The lowest BCUT2D eigenvalue weighted by Crippen LogP contribution is -2.30. The Balaban J connectivity index is 5.27. The smallest absolute Gasteiger partial charge is 0.462 e. The molecule has 6 atom stereocenters. The van der Waals surface area contributed by atoms with Gasteiger partial charge in [0.1, 0.15) is 19.3 Å². The van der Waals surface area contributed by atoms with Crippen molar-refractivity contribution in [3.63, 3.8) is 0 Å². The highest BCUT2D eigenvalue weighted by atomic mass is 31.2. The summed E-state index contributed by atoms with van der Waals surface area (Å²) in [7, 11) is -9.93. The first-order valence-corrected chi connectivity index (χ1v) is 46.9. The number of aliphatic hydroxyl groups is 1. The van der Waals surface area contributed by atoms with Crippen LogP contribution < -0.4 is 0 Å². The Kier molecular flexibility index (Phi) is 73.7. The van der Waals surface area contributed by atoms with Crippen LogP contribution in [0.1, 0.15) is 447 Å². The fraction of sp³-hybridized carbons (Fsp3) is 0.953. The van der Waals surface area contributed by atoms with E-state index in [2.05, 4.69) is 48.5 Å². The van der Waals surface area contributed by atoms with Crippen LogP contribution in [0.25, 0.3) is 0 Å². The van der Waals surface area contributed by atoms with E-state index in [4.69, 9.17) is 37.0 Å². The highest BCUT2D eigenvalue weighted by Gasteiger charge is 2.30. The molecule has 19 heteroatoms. The Morgan fingerprint density at radius 1 is 0.279 bits per heavy atom. The number of esters is 4. The standard InChI is InChI=1S/C85H166O17P2/c1-8-10-11-12-13-14-15-16-17-18-19-20-26-31-38-45-52-59-66-82(87)95-72-80(101-84(89)68-61-54-47-39-32-27-22-21-25-30-37-44-51-58-65-78(7)9-2)74-99-103(91,92)97-70-79(86)71-98-104(93,94)100-75-81(73-96-83(88)67-60-53-46-41-34-36-43-50-57-64-77(5)6)102-85(90)69-62-55-48-40-33-28-23-24-29-35-42-49-56-63-76(3)4/h76-81,86H,8-75H2,1-7H3,(H,91,92)(H,93,94)/t78?,79-,80-,81-/m1/s1. The molecule has 0 bridgehead atoms.